The fraction of sp³-hybridized carbons (Fsp3) is 0.750. The van der Waals surface area contributed by atoms with Crippen molar-refractivity contribution in [3.05, 3.63) is 0 Å². The van der Waals surface area contributed by atoms with E-state index in [9.17, 15) is 9.59 Å². The fourth-order valence-electron chi connectivity index (χ4n) is 0.828. The van der Waals surface area contributed by atoms with Crippen molar-refractivity contribution < 1.29 is 19.4 Å². The van der Waals surface area contributed by atoms with Gasteiger partial charge in [0.15, 0.2) is 11.8 Å². The number of hydrogen-bond acceptors (Lipinski definition) is 5. The number of hydrogen-bond donors (Lipinski definition) is 2. The van der Waals surface area contributed by atoms with Crippen molar-refractivity contribution in [1.82, 2.24) is 5.32 Å². The van der Waals surface area contributed by atoms with E-state index in [-0.39, 0.29) is 25.5 Å². The van der Waals surface area contributed by atoms with Gasteiger partial charge in [-0.25, -0.2) is 4.79 Å². The van der Waals surface area contributed by atoms with E-state index in [1.807, 2.05) is 0 Å². The lowest BCUT2D eigenvalue weighted by Gasteiger charge is -2.12. The maximum Gasteiger partial charge on any atom is 0.330 e. The Hall–Kier alpha value is -0.940. The molecule has 0 amide bonds. The number of esters is 1. The molecule has 0 aliphatic heterocycles. The van der Waals surface area contributed by atoms with E-state index in [0.29, 0.717) is 0 Å². The predicted molar refractivity (Wildman–Crippen MR) is 46.2 cm³/mol. The average Bonchev–Trinajstić information content (AvgIpc) is 2.05. The Bertz CT molecular complexity index is 181. The zero-order chi connectivity index (χ0) is 10.3. The van der Waals surface area contributed by atoms with E-state index >= 15 is 0 Å². The second kappa shape index (κ2) is 6.56. The molecular formula is C8H15NO4. The minimum absolute atomic E-state index is 0.122. The summed E-state index contributed by atoms with van der Waals surface area (Å²) < 4.78 is 4.66. The second-order valence-corrected chi connectivity index (χ2v) is 2.47. The van der Waals surface area contributed by atoms with Gasteiger partial charge in [-0.15, -0.1) is 0 Å². The van der Waals surface area contributed by atoms with Crippen molar-refractivity contribution in [2.24, 2.45) is 0 Å². The SMILES string of the molecule is CCOC(=O)C(NCCO)C(C)=O. The van der Waals surface area contributed by atoms with Gasteiger partial charge in [0, 0.05) is 6.54 Å². The second-order valence-electron chi connectivity index (χ2n) is 2.47. The van der Waals surface area contributed by atoms with Crippen LogP contribution in [0, 0.1) is 0 Å². The Balaban J connectivity index is 4.07. The van der Waals surface area contributed by atoms with E-state index in [0.717, 1.165) is 0 Å². The van der Waals surface area contributed by atoms with Crippen LogP contribution in [0.15, 0.2) is 0 Å². The topological polar surface area (TPSA) is 75.6 Å². The molecule has 0 bridgehead atoms. The molecule has 0 aliphatic rings. The molecule has 13 heavy (non-hydrogen) atoms. The van der Waals surface area contributed by atoms with Gasteiger partial charge in [0.05, 0.1) is 13.2 Å². The summed E-state index contributed by atoms with van der Waals surface area (Å²) >= 11 is 0. The Morgan fingerprint density at radius 1 is 1.54 bits per heavy atom. The molecular weight excluding hydrogens is 174 g/mol. The maximum atomic E-state index is 11.1. The van der Waals surface area contributed by atoms with Gasteiger partial charge >= 0.3 is 5.97 Å². The van der Waals surface area contributed by atoms with Crippen LogP contribution in [0.25, 0.3) is 0 Å². The van der Waals surface area contributed by atoms with Crippen LogP contribution < -0.4 is 5.32 Å². The first-order valence-corrected chi connectivity index (χ1v) is 4.14. The molecule has 0 fully saturated rings. The predicted octanol–water partition coefficient (Wildman–Crippen LogP) is -0.911. The first-order chi connectivity index (χ1) is 6.13. The highest BCUT2D eigenvalue weighted by atomic mass is 16.5. The van der Waals surface area contributed by atoms with Crippen molar-refractivity contribution >= 4 is 11.8 Å². The lowest BCUT2D eigenvalue weighted by Crippen LogP contribution is -2.44. The van der Waals surface area contributed by atoms with Gasteiger partial charge in [0.1, 0.15) is 0 Å². The minimum atomic E-state index is -0.952. The third-order valence-corrected chi connectivity index (χ3v) is 1.39. The molecule has 76 valence electrons. The highest BCUT2D eigenvalue weighted by molar-refractivity contribution is 6.01. The molecule has 0 aromatic carbocycles. The number of nitrogens with one attached hydrogen (secondary N) is 1. The Kier molecular flexibility index (Phi) is 6.09. The molecule has 1 atom stereocenters. The van der Waals surface area contributed by atoms with Crippen LogP contribution in [0.5, 0.6) is 0 Å². The van der Waals surface area contributed by atoms with Crippen molar-refractivity contribution in [1.29, 1.82) is 0 Å². The summed E-state index contributed by atoms with van der Waals surface area (Å²) in [5.41, 5.74) is 0. The maximum absolute atomic E-state index is 11.1. The highest BCUT2D eigenvalue weighted by Gasteiger charge is 2.23. The Morgan fingerprint density at radius 2 is 2.15 bits per heavy atom. The number of Topliss-reactive ketones (excluding diaryl/α,β-unsaturated/α-hetero) is 1. The van der Waals surface area contributed by atoms with Gasteiger partial charge in [0.25, 0.3) is 0 Å². The monoisotopic (exact) mass is 189 g/mol. The zero-order valence-electron chi connectivity index (χ0n) is 7.87. The van der Waals surface area contributed by atoms with E-state index in [4.69, 9.17) is 5.11 Å². The van der Waals surface area contributed by atoms with Gasteiger partial charge in [-0.3, -0.25) is 10.1 Å². The summed E-state index contributed by atoms with van der Waals surface area (Å²) in [5.74, 6) is -0.907. The van der Waals surface area contributed by atoms with E-state index < -0.39 is 12.0 Å². The largest absolute Gasteiger partial charge is 0.464 e. The van der Waals surface area contributed by atoms with Crippen LogP contribution in [0.2, 0.25) is 0 Å². The summed E-state index contributed by atoms with van der Waals surface area (Å²) in [5, 5.41) is 11.1. The molecule has 0 aliphatic carbocycles. The van der Waals surface area contributed by atoms with Crippen molar-refractivity contribution in [2.45, 2.75) is 19.9 Å². The molecule has 0 aromatic rings. The number of carbonyl (C=O) groups is 2. The number of aliphatic hydroxyl groups excluding tert-OH is 1. The van der Waals surface area contributed by atoms with Gasteiger partial charge < -0.3 is 9.84 Å². The Labute approximate surface area is 77.1 Å². The standard InChI is InChI=1S/C8H15NO4/c1-3-13-8(12)7(6(2)11)9-4-5-10/h7,9-10H,3-5H2,1-2H3. The van der Waals surface area contributed by atoms with Crippen molar-refractivity contribution in [3.8, 4) is 0 Å². The van der Waals surface area contributed by atoms with Crippen LogP contribution >= 0.6 is 0 Å². The molecule has 0 spiro atoms. The third-order valence-electron chi connectivity index (χ3n) is 1.39. The van der Waals surface area contributed by atoms with Crippen LogP contribution in [-0.2, 0) is 14.3 Å². The zero-order valence-corrected chi connectivity index (χ0v) is 7.87. The summed E-state index contributed by atoms with van der Waals surface area (Å²) in [7, 11) is 0. The molecule has 5 heteroatoms. The molecule has 1 unspecified atom stereocenters. The van der Waals surface area contributed by atoms with Crippen LogP contribution in [0.4, 0.5) is 0 Å². The number of ketones is 1. The number of rotatable bonds is 6. The summed E-state index contributed by atoms with van der Waals surface area (Å²) in [6.45, 7) is 3.28. The minimum Gasteiger partial charge on any atom is -0.464 e. The first kappa shape index (κ1) is 12.1. The fourth-order valence-corrected chi connectivity index (χ4v) is 0.828. The lowest BCUT2D eigenvalue weighted by atomic mass is 10.2. The average molecular weight is 189 g/mol. The van der Waals surface area contributed by atoms with Crippen molar-refractivity contribution in [3.63, 3.8) is 0 Å². The summed E-state index contributed by atoms with van der Waals surface area (Å²) in [6, 6.07) is -0.952. The molecule has 0 aromatic heterocycles. The van der Waals surface area contributed by atoms with Gasteiger partial charge in [-0.05, 0) is 13.8 Å². The van der Waals surface area contributed by atoms with Crippen LogP contribution in [0.1, 0.15) is 13.8 Å². The van der Waals surface area contributed by atoms with E-state index in [1.165, 1.54) is 6.92 Å². The van der Waals surface area contributed by atoms with Crippen LogP contribution in [-0.4, -0.2) is 42.7 Å². The molecule has 5 nitrogen and oxygen atoms in total. The lowest BCUT2D eigenvalue weighted by molar-refractivity contribution is -0.148. The molecule has 0 saturated heterocycles. The van der Waals surface area contributed by atoms with E-state index in [2.05, 4.69) is 10.1 Å². The summed E-state index contributed by atoms with van der Waals surface area (Å²) in [4.78, 5) is 22.0. The first-order valence-electron chi connectivity index (χ1n) is 4.14. The molecule has 0 saturated carbocycles. The van der Waals surface area contributed by atoms with Gasteiger partial charge in [-0.2, -0.15) is 0 Å². The quantitative estimate of drug-likeness (QED) is 0.418. The van der Waals surface area contributed by atoms with Crippen LogP contribution in [0.3, 0.4) is 0 Å². The molecule has 0 rings (SSSR count). The smallest absolute Gasteiger partial charge is 0.330 e. The van der Waals surface area contributed by atoms with Gasteiger partial charge in [-0.1, -0.05) is 0 Å². The molecule has 0 radical (unpaired) electrons. The van der Waals surface area contributed by atoms with Gasteiger partial charge in [0.2, 0.25) is 0 Å². The normalized spacial score (nSPS) is 12.2. The van der Waals surface area contributed by atoms with E-state index in [1.54, 1.807) is 6.92 Å². The molecule has 2 N–H and O–H groups in total. The Morgan fingerprint density at radius 3 is 2.54 bits per heavy atom. The highest BCUT2D eigenvalue weighted by Crippen LogP contribution is 1.90. The number of ether oxygens (including phenoxy) is 1. The van der Waals surface area contributed by atoms with Crippen molar-refractivity contribution in [2.75, 3.05) is 19.8 Å². The number of carbonyl (C=O) groups excluding carboxylic acids is 2. The third kappa shape index (κ3) is 4.59. The molecule has 0 heterocycles. The summed E-state index contributed by atoms with van der Waals surface area (Å²) in [6.07, 6.45) is 0. The number of aliphatic hydroxyl groups is 1.